The second-order valence-corrected chi connectivity index (χ2v) is 11.1. The SMILES string of the molecule is COC1CN(c2cccc(C(=O)O)n2)CC1NC(=O)c1nc2c(C)cc(N3CC[C@](C)(c4ccccc4)C3)cn2n1. The van der Waals surface area contributed by atoms with Crippen LogP contribution in [-0.2, 0) is 10.2 Å². The summed E-state index contributed by atoms with van der Waals surface area (Å²) in [6.07, 6.45) is 2.68. The lowest BCUT2D eigenvalue weighted by Crippen LogP contribution is -2.44. The number of aryl methyl sites for hydroxylation is 1. The largest absolute Gasteiger partial charge is 0.477 e. The zero-order valence-corrected chi connectivity index (χ0v) is 23.3. The summed E-state index contributed by atoms with van der Waals surface area (Å²) in [6, 6.07) is 17.2. The number of carboxylic acids is 1. The third kappa shape index (κ3) is 5.08. The number of carbonyl (C=O) groups excluding carboxylic acids is 1. The summed E-state index contributed by atoms with van der Waals surface area (Å²) < 4.78 is 7.33. The van der Waals surface area contributed by atoms with E-state index in [1.807, 2.05) is 24.1 Å². The van der Waals surface area contributed by atoms with Gasteiger partial charge >= 0.3 is 5.97 Å². The quantitative estimate of drug-likeness (QED) is 0.354. The molecule has 212 valence electrons. The Hall–Kier alpha value is -4.51. The molecule has 3 atom stereocenters. The van der Waals surface area contributed by atoms with Crippen LogP contribution >= 0.6 is 0 Å². The predicted molar refractivity (Wildman–Crippen MR) is 154 cm³/mol. The number of benzene rings is 1. The maximum atomic E-state index is 13.3. The van der Waals surface area contributed by atoms with Gasteiger partial charge in [-0.3, -0.25) is 4.79 Å². The standard InChI is InChI=1S/C30H33N7O4/c1-19-14-21(35-13-12-30(2,18-35)20-8-5-4-6-9-20)15-37-27(19)33-26(34-37)28(38)32-23-16-36(17-24(23)41-3)25-11-7-10-22(31-25)29(39)40/h4-11,14-15,23-24H,12-13,16-18H2,1-3H3,(H,32,38)(H,39,40)/t23?,24?,30-/m0/s1. The molecule has 2 aliphatic rings. The third-order valence-electron chi connectivity index (χ3n) is 8.28. The fourth-order valence-electron chi connectivity index (χ4n) is 5.95. The molecule has 0 bridgehead atoms. The molecule has 1 amide bonds. The number of amides is 1. The van der Waals surface area contributed by atoms with Gasteiger partial charge in [-0.15, -0.1) is 5.10 Å². The number of rotatable bonds is 7. The zero-order valence-electron chi connectivity index (χ0n) is 23.3. The maximum Gasteiger partial charge on any atom is 0.354 e. The zero-order chi connectivity index (χ0) is 28.7. The highest BCUT2D eigenvalue weighted by atomic mass is 16.5. The van der Waals surface area contributed by atoms with E-state index in [1.165, 1.54) is 11.6 Å². The summed E-state index contributed by atoms with van der Waals surface area (Å²) in [5, 5.41) is 16.8. The van der Waals surface area contributed by atoms with E-state index in [-0.39, 0.29) is 29.1 Å². The molecule has 2 fully saturated rings. The number of hydrogen-bond donors (Lipinski definition) is 2. The minimum Gasteiger partial charge on any atom is -0.477 e. The summed E-state index contributed by atoms with van der Waals surface area (Å²) in [7, 11) is 1.59. The normalized spacial score (nSPS) is 22.4. The van der Waals surface area contributed by atoms with Crippen LogP contribution in [0, 0.1) is 6.92 Å². The van der Waals surface area contributed by atoms with Gasteiger partial charge in [0.05, 0.1) is 24.0 Å². The number of nitrogens with one attached hydrogen (secondary N) is 1. The van der Waals surface area contributed by atoms with Crippen molar-refractivity contribution in [2.45, 2.75) is 37.8 Å². The molecule has 0 aliphatic carbocycles. The van der Waals surface area contributed by atoms with Crippen LogP contribution in [-0.4, -0.2) is 82.0 Å². The Balaban J connectivity index is 1.18. The molecule has 2 saturated heterocycles. The summed E-state index contributed by atoms with van der Waals surface area (Å²) in [5.41, 5.74) is 3.99. The van der Waals surface area contributed by atoms with E-state index in [0.29, 0.717) is 24.6 Å². The number of carbonyl (C=O) groups is 2. The summed E-state index contributed by atoms with van der Waals surface area (Å²) in [4.78, 5) is 37.7. The molecule has 6 rings (SSSR count). The van der Waals surface area contributed by atoms with Gasteiger partial charge in [0.1, 0.15) is 5.82 Å². The Morgan fingerprint density at radius 2 is 1.88 bits per heavy atom. The maximum absolute atomic E-state index is 13.3. The number of aromatic carboxylic acids is 1. The van der Waals surface area contributed by atoms with Crippen LogP contribution in [0.25, 0.3) is 5.65 Å². The van der Waals surface area contributed by atoms with Gasteiger partial charge in [0, 0.05) is 38.7 Å². The van der Waals surface area contributed by atoms with Crippen LogP contribution < -0.4 is 15.1 Å². The van der Waals surface area contributed by atoms with Crippen molar-refractivity contribution in [1.82, 2.24) is 24.9 Å². The molecule has 0 spiro atoms. The number of carboxylic acid groups (broad SMARTS) is 1. The smallest absolute Gasteiger partial charge is 0.354 e. The molecule has 5 heterocycles. The lowest BCUT2D eigenvalue weighted by atomic mass is 9.82. The number of pyridine rings is 2. The van der Waals surface area contributed by atoms with Gasteiger partial charge in [-0.25, -0.2) is 19.3 Å². The highest BCUT2D eigenvalue weighted by Crippen LogP contribution is 2.36. The Bertz CT molecular complexity index is 1610. The van der Waals surface area contributed by atoms with Crippen LogP contribution in [0.2, 0.25) is 0 Å². The van der Waals surface area contributed by atoms with Crippen LogP contribution in [0.15, 0.2) is 60.8 Å². The van der Waals surface area contributed by atoms with Gasteiger partial charge in [0.25, 0.3) is 5.91 Å². The number of hydrogen-bond acceptors (Lipinski definition) is 8. The van der Waals surface area contributed by atoms with Crippen molar-refractivity contribution < 1.29 is 19.4 Å². The third-order valence-corrected chi connectivity index (χ3v) is 8.28. The molecular formula is C30H33N7O4. The Labute approximate surface area is 237 Å². The first-order valence-corrected chi connectivity index (χ1v) is 13.7. The highest BCUT2D eigenvalue weighted by Gasteiger charge is 2.37. The van der Waals surface area contributed by atoms with E-state index >= 15 is 0 Å². The fourth-order valence-corrected chi connectivity index (χ4v) is 5.95. The molecule has 2 aliphatic heterocycles. The summed E-state index contributed by atoms with van der Waals surface area (Å²) in [5.74, 6) is -0.887. The Kier molecular flexibility index (Phi) is 6.82. The molecule has 0 saturated carbocycles. The topological polar surface area (TPSA) is 125 Å². The van der Waals surface area contributed by atoms with Gasteiger partial charge in [0.15, 0.2) is 11.3 Å². The number of aromatic nitrogens is 4. The summed E-state index contributed by atoms with van der Waals surface area (Å²) >= 11 is 0. The van der Waals surface area contributed by atoms with Crippen LogP contribution in [0.3, 0.4) is 0 Å². The van der Waals surface area contributed by atoms with Crippen molar-refractivity contribution in [1.29, 1.82) is 0 Å². The van der Waals surface area contributed by atoms with Gasteiger partial charge in [-0.05, 0) is 42.7 Å². The second kappa shape index (κ2) is 10.5. The average Bonchev–Trinajstić information content (AvgIpc) is 3.71. The van der Waals surface area contributed by atoms with Gasteiger partial charge < -0.3 is 25.0 Å². The van der Waals surface area contributed by atoms with Crippen LogP contribution in [0.4, 0.5) is 11.5 Å². The molecule has 11 heteroatoms. The number of nitrogens with zero attached hydrogens (tertiary/aromatic N) is 6. The predicted octanol–water partition coefficient (Wildman–Crippen LogP) is 2.93. The Morgan fingerprint density at radius 1 is 1.07 bits per heavy atom. The minimum atomic E-state index is -1.09. The van der Waals surface area contributed by atoms with Gasteiger partial charge in [-0.1, -0.05) is 43.3 Å². The van der Waals surface area contributed by atoms with Crippen molar-refractivity contribution in [3.8, 4) is 0 Å². The van der Waals surface area contributed by atoms with Crippen molar-refractivity contribution in [3.63, 3.8) is 0 Å². The second-order valence-electron chi connectivity index (χ2n) is 11.1. The van der Waals surface area contributed by atoms with E-state index < -0.39 is 11.9 Å². The molecule has 3 aromatic heterocycles. The van der Waals surface area contributed by atoms with E-state index in [1.54, 1.807) is 23.8 Å². The van der Waals surface area contributed by atoms with Crippen LogP contribution in [0.1, 0.15) is 45.6 Å². The monoisotopic (exact) mass is 555 g/mol. The molecule has 1 aromatic carbocycles. The molecular weight excluding hydrogens is 522 g/mol. The van der Waals surface area contributed by atoms with Gasteiger partial charge in [0.2, 0.25) is 5.82 Å². The number of fused-ring (bicyclic) bond motifs is 1. The van der Waals surface area contributed by atoms with Crippen molar-refractivity contribution >= 4 is 29.0 Å². The molecule has 2 unspecified atom stereocenters. The lowest BCUT2D eigenvalue weighted by molar-refractivity contribution is 0.0690. The van der Waals surface area contributed by atoms with Crippen LogP contribution in [0.5, 0.6) is 0 Å². The van der Waals surface area contributed by atoms with Gasteiger partial charge in [-0.2, -0.15) is 0 Å². The first kappa shape index (κ1) is 26.7. The van der Waals surface area contributed by atoms with Crippen molar-refractivity contribution in [2.24, 2.45) is 0 Å². The Morgan fingerprint density at radius 3 is 2.63 bits per heavy atom. The van der Waals surface area contributed by atoms with Crippen molar-refractivity contribution in [3.05, 3.63) is 83.4 Å². The fraction of sp³-hybridized carbons (Fsp3) is 0.367. The lowest BCUT2D eigenvalue weighted by Gasteiger charge is -2.26. The number of methoxy groups -OCH3 is 1. The van der Waals surface area contributed by atoms with E-state index in [0.717, 1.165) is 30.8 Å². The molecule has 2 N–H and O–H groups in total. The summed E-state index contributed by atoms with van der Waals surface area (Å²) in [6.45, 7) is 6.98. The average molecular weight is 556 g/mol. The molecule has 41 heavy (non-hydrogen) atoms. The first-order valence-electron chi connectivity index (χ1n) is 13.7. The van der Waals surface area contributed by atoms with E-state index in [4.69, 9.17) is 4.74 Å². The number of anilines is 2. The molecule has 11 nitrogen and oxygen atoms in total. The number of ether oxygens (including phenoxy) is 1. The first-order chi connectivity index (χ1) is 19.7. The minimum absolute atomic E-state index is 0.0359. The van der Waals surface area contributed by atoms with Crippen molar-refractivity contribution in [2.75, 3.05) is 43.1 Å². The highest BCUT2D eigenvalue weighted by molar-refractivity contribution is 5.91. The molecule has 4 aromatic rings. The van der Waals surface area contributed by atoms with E-state index in [9.17, 15) is 14.7 Å². The van der Waals surface area contributed by atoms with E-state index in [2.05, 4.69) is 62.5 Å². The molecule has 0 radical (unpaired) electrons.